The zero-order chi connectivity index (χ0) is 10.6. The van der Waals surface area contributed by atoms with Gasteiger partial charge in [-0.25, -0.2) is 5.84 Å². The molecule has 0 bridgehead atoms. The van der Waals surface area contributed by atoms with Crippen LogP contribution in [0.2, 0.25) is 0 Å². The zero-order valence-electron chi connectivity index (χ0n) is 8.10. The molecule has 0 unspecified atom stereocenters. The second kappa shape index (κ2) is 4.62. The van der Waals surface area contributed by atoms with Crippen LogP contribution in [-0.2, 0) is 11.2 Å². The lowest BCUT2D eigenvalue weighted by molar-refractivity contribution is -0.135. The quantitative estimate of drug-likeness (QED) is 0.554. The molecule has 4 nitrogen and oxygen atoms in total. The Morgan fingerprint density at radius 2 is 2.00 bits per heavy atom. The van der Waals surface area contributed by atoms with Crippen molar-refractivity contribution in [2.75, 3.05) is 11.6 Å². The summed E-state index contributed by atoms with van der Waals surface area (Å²) in [6, 6.07) is 7.53. The van der Waals surface area contributed by atoms with Crippen molar-refractivity contribution >= 4 is 11.7 Å². The fraction of sp³-hybridized carbons (Fsp3) is 0.300. The number of hydrogen-bond donors (Lipinski definition) is 2. The second-order valence-corrected chi connectivity index (χ2v) is 3.04. The van der Waals surface area contributed by atoms with Crippen molar-refractivity contribution in [3.63, 3.8) is 0 Å². The van der Waals surface area contributed by atoms with E-state index >= 15 is 0 Å². The van der Waals surface area contributed by atoms with E-state index in [0.717, 1.165) is 6.42 Å². The highest BCUT2D eigenvalue weighted by Crippen LogP contribution is 2.12. The molecule has 14 heavy (non-hydrogen) atoms. The molecular formula is C10H14N2O2. The summed E-state index contributed by atoms with van der Waals surface area (Å²) in [5, 5.41) is 9.73. The summed E-state index contributed by atoms with van der Waals surface area (Å²) in [4.78, 5) is 10.4. The molecule has 0 saturated heterocycles. The van der Waals surface area contributed by atoms with Crippen molar-refractivity contribution in [3.8, 4) is 0 Å². The monoisotopic (exact) mass is 194 g/mol. The van der Waals surface area contributed by atoms with Crippen LogP contribution >= 0.6 is 0 Å². The maximum absolute atomic E-state index is 10.4. The Morgan fingerprint density at radius 1 is 1.43 bits per heavy atom. The highest BCUT2D eigenvalue weighted by atomic mass is 16.4. The van der Waals surface area contributed by atoms with E-state index in [4.69, 9.17) is 10.9 Å². The van der Waals surface area contributed by atoms with Gasteiger partial charge in [-0.05, 0) is 24.1 Å². The van der Waals surface area contributed by atoms with Crippen molar-refractivity contribution in [2.45, 2.75) is 13.3 Å². The molecule has 0 radical (unpaired) electrons. The van der Waals surface area contributed by atoms with Gasteiger partial charge in [-0.2, -0.15) is 0 Å². The van der Waals surface area contributed by atoms with Gasteiger partial charge in [0.05, 0.1) is 5.69 Å². The first-order chi connectivity index (χ1) is 6.63. The Labute approximate surface area is 82.9 Å². The first-order valence-corrected chi connectivity index (χ1v) is 4.46. The highest BCUT2D eigenvalue weighted by Gasteiger charge is 2.05. The zero-order valence-corrected chi connectivity index (χ0v) is 8.10. The van der Waals surface area contributed by atoms with Crippen molar-refractivity contribution < 1.29 is 9.90 Å². The first-order valence-electron chi connectivity index (χ1n) is 4.46. The van der Waals surface area contributed by atoms with Crippen LogP contribution in [0.4, 0.5) is 5.69 Å². The second-order valence-electron chi connectivity index (χ2n) is 3.04. The van der Waals surface area contributed by atoms with Gasteiger partial charge in [0.1, 0.15) is 6.54 Å². The molecule has 0 aliphatic rings. The van der Waals surface area contributed by atoms with Gasteiger partial charge in [-0.15, -0.1) is 0 Å². The Kier molecular flexibility index (Phi) is 3.48. The van der Waals surface area contributed by atoms with Crippen LogP contribution in [0.15, 0.2) is 24.3 Å². The van der Waals surface area contributed by atoms with E-state index in [1.807, 2.05) is 24.3 Å². The van der Waals surface area contributed by atoms with Crippen molar-refractivity contribution in [3.05, 3.63) is 29.8 Å². The van der Waals surface area contributed by atoms with E-state index in [0.29, 0.717) is 5.69 Å². The topological polar surface area (TPSA) is 66.6 Å². The number of hydrazine groups is 1. The maximum atomic E-state index is 10.4. The summed E-state index contributed by atoms with van der Waals surface area (Å²) in [5.41, 5.74) is 1.92. The largest absolute Gasteiger partial charge is 0.480 e. The van der Waals surface area contributed by atoms with E-state index in [2.05, 4.69) is 6.92 Å². The summed E-state index contributed by atoms with van der Waals surface area (Å²) in [7, 11) is 0. The van der Waals surface area contributed by atoms with Crippen molar-refractivity contribution in [1.29, 1.82) is 0 Å². The van der Waals surface area contributed by atoms with Gasteiger partial charge < -0.3 is 5.11 Å². The molecule has 0 atom stereocenters. The number of hydrogen-bond acceptors (Lipinski definition) is 3. The molecule has 76 valence electrons. The number of carbonyl (C=O) groups is 1. The summed E-state index contributed by atoms with van der Waals surface area (Å²) in [6.07, 6.45) is 0.962. The fourth-order valence-corrected chi connectivity index (χ4v) is 1.16. The molecule has 0 aliphatic heterocycles. The molecule has 0 aromatic heterocycles. The average Bonchev–Trinajstić information content (AvgIpc) is 2.17. The van der Waals surface area contributed by atoms with Gasteiger partial charge in [0.15, 0.2) is 0 Å². The Morgan fingerprint density at radius 3 is 2.43 bits per heavy atom. The number of nitrogens with zero attached hydrogens (tertiary/aromatic N) is 1. The molecule has 1 aromatic carbocycles. The van der Waals surface area contributed by atoms with Crippen LogP contribution in [0.1, 0.15) is 12.5 Å². The first kappa shape index (κ1) is 10.5. The lowest BCUT2D eigenvalue weighted by atomic mass is 10.1. The molecule has 1 aromatic rings. The minimum absolute atomic E-state index is 0.189. The Hall–Kier alpha value is -1.55. The van der Waals surface area contributed by atoms with E-state index in [1.54, 1.807) is 0 Å². The summed E-state index contributed by atoms with van der Waals surface area (Å²) >= 11 is 0. The number of nitrogens with two attached hydrogens (primary N) is 1. The maximum Gasteiger partial charge on any atom is 0.324 e. The third-order valence-electron chi connectivity index (χ3n) is 1.98. The summed E-state index contributed by atoms with van der Waals surface area (Å²) in [6.45, 7) is 1.87. The molecule has 0 aliphatic carbocycles. The standard InChI is InChI=1S/C10H14N2O2/c1-2-8-3-5-9(6-4-8)12(11)7-10(13)14/h3-6H,2,7,11H2,1H3,(H,13,14). The average molecular weight is 194 g/mol. The van der Waals surface area contributed by atoms with E-state index < -0.39 is 5.97 Å². The number of carboxylic acid groups (broad SMARTS) is 1. The van der Waals surface area contributed by atoms with Crippen LogP contribution in [0, 0.1) is 0 Å². The molecule has 1 rings (SSSR count). The van der Waals surface area contributed by atoms with Crippen molar-refractivity contribution in [1.82, 2.24) is 0 Å². The van der Waals surface area contributed by atoms with Gasteiger partial charge in [0.2, 0.25) is 0 Å². The van der Waals surface area contributed by atoms with Gasteiger partial charge in [0, 0.05) is 0 Å². The minimum Gasteiger partial charge on any atom is -0.480 e. The number of aryl methyl sites for hydroxylation is 1. The number of rotatable bonds is 4. The van der Waals surface area contributed by atoms with Crippen LogP contribution in [0.5, 0.6) is 0 Å². The third-order valence-corrected chi connectivity index (χ3v) is 1.98. The van der Waals surface area contributed by atoms with Gasteiger partial charge >= 0.3 is 5.97 Å². The minimum atomic E-state index is -0.938. The number of anilines is 1. The van der Waals surface area contributed by atoms with Gasteiger partial charge in [-0.3, -0.25) is 9.80 Å². The smallest absolute Gasteiger partial charge is 0.324 e. The van der Waals surface area contributed by atoms with Gasteiger partial charge in [-0.1, -0.05) is 19.1 Å². The summed E-state index contributed by atoms with van der Waals surface area (Å²) < 4.78 is 0. The molecule has 0 fully saturated rings. The van der Waals surface area contributed by atoms with Crippen LogP contribution in [0.25, 0.3) is 0 Å². The van der Waals surface area contributed by atoms with Gasteiger partial charge in [0.25, 0.3) is 0 Å². The number of aliphatic carboxylic acids is 1. The molecule has 3 N–H and O–H groups in total. The Bertz CT molecular complexity index is 308. The van der Waals surface area contributed by atoms with Crippen molar-refractivity contribution in [2.24, 2.45) is 5.84 Å². The Balaban J connectivity index is 2.71. The fourth-order valence-electron chi connectivity index (χ4n) is 1.16. The molecule has 0 saturated carbocycles. The summed E-state index contributed by atoms with van der Waals surface area (Å²) in [5.74, 6) is 4.60. The SMILES string of the molecule is CCc1ccc(N(N)CC(=O)O)cc1. The number of benzene rings is 1. The molecular weight excluding hydrogens is 180 g/mol. The lowest BCUT2D eigenvalue weighted by Crippen LogP contribution is -2.35. The molecule has 0 amide bonds. The third kappa shape index (κ3) is 2.74. The predicted octanol–water partition coefficient (Wildman–Crippen LogP) is 1.01. The van der Waals surface area contributed by atoms with E-state index in [9.17, 15) is 4.79 Å². The normalized spacial score (nSPS) is 9.86. The predicted molar refractivity (Wildman–Crippen MR) is 55.0 cm³/mol. The van der Waals surface area contributed by atoms with Crippen LogP contribution in [0.3, 0.4) is 0 Å². The van der Waals surface area contributed by atoms with E-state index in [1.165, 1.54) is 10.6 Å². The lowest BCUT2D eigenvalue weighted by Gasteiger charge is -2.16. The highest BCUT2D eigenvalue weighted by molar-refractivity contribution is 5.73. The number of carboxylic acids is 1. The van der Waals surface area contributed by atoms with Crippen LogP contribution < -0.4 is 10.9 Å². The molecule has 0 spiro atoms. The molecule has 4 heteroatoms. The van der Waals surface area contributed by atoms with E-state index in [-0.39, 0.29) is 6.54 Å². The van der Waals surface area contributed by atoms with Crippen LogP contribution in [-0.4, -0.2) is 17.6 Å². The molecule has 0 heterocycles.